The van der Waals surface area contributed by atoms with Crippen molar-refractivity contribution >= 4 is 0 Å². The fourth-order valence-corrected chi connectivity index (χ4v) is 2.08. The van der Waals surface area contributed by atoms with Gasteiger partial charge in [0.2, 0.25) is 5.89 Å². The fourth-order valence-electron chi connectivity index (χ4n) is 2.08. The lowest BCUT2D eigenvalue weighted by molar-refractivity contribution is 0.154. The molecule has 6 nitrogen and oxygen atoms in total. The van der Waals surface area contributed by atoms with Crippen LogP contribution in [-0.2, 0) is 12.8 Å². The van der Waals surface area contributed by atoms with Gasteiger partial charge in [0.1, 0.15) is 0 Å². The van der Waals surface area contributed by atoms with E-state index in [4.69, 9.17) is 10.3 Å². The van der Waals surface area contributed by atoms with E-state index >= 15 is 0 Å². The van der Waals surface area contributed by atoms with Gasteiger partial charge in [-0.2, -0.15) is 4.98 Å². The highest BCUT2D eigenvalue weighted by Gasteiger charge is 2.15. The largest absolute Gasteiger partial charge is 0.339 e. The Morgan fingerprint density at radius 1 is 1.33 bits per heavy atom. The van der Waals surface area contributed by atoms with Gasteiger partial charge in [-0.05, 0) is 14.0 Å². The molecule has 6 heteroatoms. The predicted molar refractivity (Wildman–Crippen MR) is 69.3 cm³/mol. The lowest BCUT2D eigenvalue weighted by atomic mass is 10.2. The Kier molecular flexibility index (Phi) is 4.68. The van der Waals surface area contributed by atoms with Gasteiger partial charge < -0.3 is 20.1 Å². The molecule has 1 aliphatic rings. The Labute approximate surface area is 108 Å². The highest BCUT2D eigenvalue weighted by Crippen LogP contribution is 2.04. The smallest absolute Gasteiger partial charge is 0.228 e. The van der Waals surface area contributed by atoms with E-state index in [0.29, 0.717) is 12.3 Å². The quantitative estimate of drug-likeness (QED) is 0.780. The van der Waals surface area contributed by atoms with E-state index in [1.807, 2.05) is 6.92 Å². The van der Waals surface area contributed by atoms with Crippen LogP contribution in [0, 0.1) is 0 Å². The summed E-state index contributed by atoms with van der Waals surface area (Å²) in [5, 5.41) is 3.99. The maximum atomic E-state index is 5.70. The molecule has 18 heavy (non-hydrogen) atoms. The molecular weight excluding hydrogens is 230 g/mol. The van der Waals surface area contributed by atoms with Crippen molar-refractivity contribution in [1.29, 1.82) is 0 Å². The molecule has 0 radical (unpaired) electrons. The Hall–Kier alpha value is -0.980. The summed E-state index contributed by atoms with van der Waals surface area (Å²) >= 11 is 0. The topological polar surface area (TPSA) is 71.4 Å². The highest BCUT2D eigenvalue weighted by molar-refractivity contribution is 4.89. The Morgan fingerprint density at radius 3 is 2.72 bits per heavy atom. The monoisotopic (exact) mass is 253 g/mol. The van der Waals surface area contributed by atoms with E-state index < -0.39 is 0 Å². The number of nitrogens with two attached hydrogens (primary N) is 1. The minimum Gasteiger partial charge on any atom is -0.339 e. The van der Waals surface area contributed by atoms with Crippen molar-refractivity contribution < 1.29 is 4.52 Å². The zero-order valence-corrected chi connectivity index (χ0v) is 11.3. The zero-order chi connectivity index (χ0) is 13.0. The van der Waals surface area contributed by atoms with Crippen LogP contribution in [0.3, 0.4) is 0 Å². The average Bonchev–Trinajstić information content (AvgIpc) is 2.75. The van der Waals surface area contributed by atoms with Crippen LogP contribution in [0.15, 0.2) is 4.52 Å². The number of hydrogen-bond acceptors (Lipinski definition) is 6. The van der Waals surface area contributed by atoms with Crippen LogP contribution in [0.2, 0.25) is 0 Å². The van der Waals surface area contributed by atoms with Gasteiger partial charge in [0.25, 0.3) is 0 Å². The molecule has 1 aromatic rings. The van der Waals surface area contributed by atoms with Crippen LogP contribution < -0.4 is 5.73 Å². The Bertz CT molecular complexity index is 357. The highest BCUT2D eigenvalue weighted by atomic mass is 16.5. The summed E-state index contributed by atoms with van der Waals surface area (Å²) in [6, 6.07) is 0.0657. The summed E-state index contributed by atoms with van der Waals surface area (Å²) in [6.45, 7) is 7.48. The third-order valence-electron chi connectivity index (χ3n) is 3.25. The molecule has 1 aromatic heterocycles. The van der Waals surface area contributed by atoms with Gasteiger partial charge in [0.05, 0.1) is 0 Å². The second-order valence-electron chi connectivity index (χ2n) is 5.18. The van der Waals surface area contributed by atoms with E-state index in [1.54, 1.807) is 0 Å². The third-order valence-corrected chi connectivity index (χ3v) is 3.25. The van der Waals surface area contributed by atoms with Crippen molar-refractivity contribution in [1.82, 2.24) is 19.9 Å². The molecule has 1 fully saturated rings. The molecule has 0 aromatic carbocycles. The molecule has 1 aliphatic heterocycles. The molecular formula is C12H23N5O. The standard InChI is InChI=1S/C12H23N5O/c1-10(13)9-12-14-11(15-18-12)3-4-17-7-5-16(2)6-8-17/h10H,3-9,13H2,1-2H3. The van der Waals surface area contributed by atoms with Crippen LogP contribution in [0.25, 0.3) is 0 Å². The van der Waals surface area contributed by atoms with Gasteiger partial charge in [-0.3, -0.25) is 0 Å². The van der Waals surface area contributed by atoms with E-state index in [0.717, 1.165) is 45.0 Å². The second-order valence-corrected chi connectivity index (χ2v) is 5.18. The molecule has 2 N–H and O–H groups in total. The molecule has 2 heterocycles. The van der Waals surface area contributed by atoms with Crippen LogP contribution in [0.5, 0.6) is 0 Å². The van der Waals surface area contributed by atoms with Crippen molar-refractivity contribution in [2.75, 3.05) is 39.8 Å². The number of likely N-dealkylation sites (N-methyl/N-ethyl adjacent to an activating group) is 1. The Morgan fingerprint density at radius 2 is 2.06 bits per heavy atom. The third kappa shape index (κ3) is 4.04. The van der Waals surface area contributed by atoms with Gasteiger partial charge in [-0.15, -0.1) is 0 Å². The van der Waals surface area contributed by atoms with Gasteiger partial charge in [0.15, 0.2) is 5.82 Å². The first-order chi connectivity index (χ1) is 8.63. The molecule has 102 valence electrons. The van der Waals surface area contributed by atoms with E-state index in [2.05, 4.69) is 27.0 Å². The van der Waals surface area contributed by atoms with Crippen molar-refractivity contribution in [3.8, 4) is 0 Å². The summed E-state index contributed by atoms with van der Waals surface area (Å²) in [4.78, 5) is 9.15. The summed E-state index contributed by atoms with van der Waals surface area (Å²) in [7, 11) is 2.16. The number of aromatic nitrogens is 2. The summed E-state index contributed by atoms with van der Waals surface area (Å²) in [6.07, 6.45) is 1.51. The zero-order valence-electron chi connectivity index (χ0n) is 11.3. The van der Waals surface area contributed by atoms with Gasteiger partial charge >= 0.3 is 0 Å². The lowest BCUT2D eigenvalue weighted by Crippen LogP contribution is -2.45. The molecule has 0 spiro atoms. The fraction of sp³-hybridized carbons (Fsp3) is 0.833. The molecule has 0 amide bonds. The van der Waals surface area contributed by atoms with Crippen molar-refractivity contribution in [2.45, 2.75) is 25.8 Å². The summed E-state index contributed by atoms with van der Waals surface area (Å²) in [5.74, 6) is 1.45. The molecule has 1 saturated heterocycles. The van der Waals surface area contributed by atoms with Crippen LogP contribution in [0.4, 0.5) is 0 Å². The van der Waals surface area contributed by atoms with Crippen molar-refractivity contribution in [3.05, 3.63) is 11.7 Å². The number of piperazine rings is 1. The lowest BCUT2D eigenvalue weighted by Gasteiger charge is -2.31. The van der Waals surface area contributed by atoms with Crippen LogP contribution >= 0.6 is 0 Å². The molecule has 0 saturated carbocycles. The molecule has 1 atom stereocenters. The number of nitrogens with zero attached hydrogens (tertiary/aromatic N) is 4. The molecule has 1 unspecified atom stereocenters. The maximum absolute atomic E-state index is 5.70. The SMILES string of the molecule is CC(N)Cc1nc(CCN2CCN(C)CC2)no1. The first-order valence-electron chi connectivity index (χ1n) is 6.61. The summed E-state index contributed by atoms with van der Waals surface area (Å²) in [5.41, 5.74) is 5.70. The molecule has 0 aliphatic carbocycles. The van der Waals surface area contributed by atoms with Gasteiger partial charge in [-0.1, -0.05) is 5.16 Å². The minimum absolute atomic E-state index is 0.0657. The van der Waals surface area contributed by atoms with Crippen LogP contribution in [-0.4, -0.2) is 65.8 Å². The Balaban J connectivity index is 1.74. The van der Waals surface area contributed by atoms with Crippen molar-refractivity contribution in [2.24, 2.45) is 5.73 Å². The first-order valence-corrected chi connectivity index (χ1v) is 6.61. The van der Waals surface area contributed by atoms with E-state index in [9.17, 15) is 0 Å². The van der Waals surface area contributed by atoms with E-state index in [1.165, 1.54) is 0 Å². The number of hydrogen-bond donors (Lipinski definition) is 1. The second kappa shape index (κ2) is 6.26. The first kappa shape index (κ1) is 13.5. The average molecular weight is 253 g/mol. The number of rotatable bonds is 5. The van der Waals surface area contributed by atoms with E-state index in [-0.39, 0.29) is 6.04 Å². The van der Waals surface area contributed by atoms with Crippen molar-refractivity contribution in [3.63, 3.8) is 0 Å². The maximum Gasteiger partial charge on any atom is 0.228 e. The van der Waals surface area contributed by atoms with Crippen LogP contribution in [0.1, 0.15) is 18.6 Å². The van der Waals surface area contributed by atoms with Gasteiger partial charge in [0, 0.05) is 51.6 Å². The molecule has 2 rings (SSSR count). The summed E-state index contributed by atoms with van der Waals surface area (Å²) < 4.78 is 5.16. The normalized spacial score (nSPS) is 20.2. The minimum atomic E-state index is 0.0657. The van der Waals surface area contributed by atoms with Gasteiger partial charge in [-0.25, -0.2) is 0 Å². The molecule has 0 bridgehead atoms. The predicted octanol–water partition coefficient (Wildman–Crippen LogP) is -0.251.